The molecule has 1 heterocycles. The fourth-order valence-corrected chi connectivity index (χ4v) is 2.18. The minimum Gasteiger partial charge on any atom is -0.425 e. The first-order chi connectivity index (χ1) is 10.7. The number of aromatic nitrogens is 1. The average Bonchev–Trinajstić information content (AvgIpc) is 2.57. The molecule has 0 saturated heterocycles. The maximum absolute atomic E-state index is 12.2. The number of esters is 1. The Kier molecular flexibility index (Phi) is 6.10. The lowest BCUT2D eigenvalue weighted by Crippen LogP contribution is -2.32. The summed E-state index contributed by atoms with van der Waals surface area (Å²) in [5.41, 5.74) is 1.21. The summed E-state index contributed by atoms with van der Waals surface area (Å²) in [6, 6.07) is 13.9. The van der Waals surface area contributed by atoms with Gasteiger partial charge >= 0.3 is 5.97 Å². The Bertz CT molecular complexity index is 572. The molecule has 0 unspecified atom stereocenters. The van der Waals surface area contributed by atoms with Gasteiger partial charge < -0.3 is 10.1 Å². The van der Waals surface area contributed by atoms with Crippen LogP contribution in [0.4, 0.5) is 0 Å². The number of nitrogens with zero attached hydrogens (tertiary/aromatic N) is 1. The summed E-state index contributed by atoms with van der Waals surface area (Å²) in [5.74, 6) is 0.0942. The summed E-state index contributed by atoms with van der Waals surface area (Å²) < 4.78 is 5.36. The van der Waals surface area contributed by atoms with E-state index in [9.17, 15) is 4.79 Å². The molecule has 116 valence electrons. The van der Waals surface area contributed by atoms with Gasteiger partial charge in [0.2, 0.25) is 0 Å². The maximum atomic E-state index is 12.2. The number of ether oxygens (including phenoxy) is 1. The van der Waals surface area contributed by atoms with E-state index in [4.69, 9.17) is 4.74 Å². The van der Waals surface area contributed by atoms with Crippen LogP contribution in [0, 0.1) is 5.92 Å². The third-order valence-electron chi connectivity index (χ3n) is 3.65. The molecule has 0 bridgehead atoms. The summed E-state index contributed by atoms with van der Waals surface area (Å²) in [4.78, 5) is 16.1. The highest BCUT2D eigenvalue weighted by Gasteiger charge is 2.19. The van der Waals surface area contributed by atoms with Crippen LogP contribution in [-0.2, 0) is 4.79 Å². The normalized spacial score (nSPS) is 13.4. The van der Waals surface area contributed by atoms with E-state index in [1.54, 1.807) is 24.5 Å². The van der Waals surface area contributed by atoms with Crippen LogP contribution < -0.4 is 10.1 Å². The number of hydrogen-bond donors (Lipinski definition) is 1. The molecule has 0 aliphatic carbocycles. The average molecular weight is 298 g/mol. The number of carbonyl (C=O) groups excluding carboxylic acids is 1. The number of benzene rings is 1. The first-order valence-corrected chi connectivity index (χ1v) is 7.60. The Morgan fingerprint density at radius 2 is 2.00 bits per heavy atom. The zero-order valence-electron chi connectivity index (χ0n) is 13.0. The van der Waals surface area contributed by atoms with E-state index in [2.05, 4.69) is 29.4 Å². The molecule has 0 spiro atoms. The molecule has 1 N–H and O–H groups in total. The number of rotatable bonds is 7. The summed E-state index contributed by atoms with van der Waals surface area (Å²) in [6.45, 7) is 4.67. The highest BCUT2D eigenvalue weighted by Crippen LogP contribution is 2.14. The summed E-state index contributed by atoms with van der Waals surface area (Å²) in [6.07, 6.45) is 3.93. The van der Waals surface area contributed by atoms with Gasteiger partial charge in [0.1, 0.15) is 5.75 Å². The van der Waals surface area contributed by atoms with E-state index in [0.29, 0.717) is 12.3 Å². The topological polar surface area (TPSA) is 51.2 Å². The third-order valence-corrected chi connectivity index (χ3v) is 3.65. The molecule has 2 aromatic rings. The Labute approximate surface area is 131 Å². The Morgan fingerprint density at radius 1 is 1.23 bits per heavy atom. The number of nitrogens with one attached hydrogen (secondary N) is 1. The van der Waals surface area contributed by atoms with Crippen molar-refractivity contribution in [2.24, 2.45) is 5.92 Å². The van der Waals surface area contributed by atoms with Gasteiger partial charge in [-0.3, -0.25) is 9.78 Å². The lowest BCUT2D eigenvalue weighted by molar-refractivity contribution is -0.138. The second kappa shape index (κ2) is 8.29. The number of carbonyl (C=O) groups is 1. The lowest BCUT2D eigenvalue weighted by atomic mass is 10.0. The van der Waals surface area contributed by atoms with Crippen LogP contribution in [0.2, 0.25) is 0 Å². The molecule has 4 nitrogen and oxygen atoms in total. The minimum atomic E-state index is -0.219. The highest BCUT2D eigenvalue weighted by atomic mass is 16.5. The van der Waals surface area contributed by atoms with Crippen molar-refractivity contribution in [3.63, 3.8) is 0 Å². The molecule has 0 aliphatic rings. The van der Waals surface area contributed by atoms with Crippen molar-refractivity contribution in [1.29, 1.82) is 0 Å². The third kappa shape index (κ3) is 4.67. The van der Waals surface area contributed by atoms with Gasteiger partial charge in [0.05, 0.1) is 12.1 Å². The largest absolute Gasteiger partial charge is 0.425 e. The molecule has 1 aromatic carbocycles. The van der Waals surface area contributed by atoms with Crippen LogP contribution in [-0.4, -0.2) is 17.5 Å². The minimum absolute atomic E-state index is 0.175. The van der Waals surface area contributed by atoms with Crippen molar-refractivity contribution in [1.82, 2.24) is 10.3 Å². The van der Waals surface area contributed by atoms with Crippen LogP contribution in [0.25, 0.3) is 0 Å². The van der Waals surface area contributed by atoms with Gasteiger partial charge in [-0.05, 0) is 31.0 Å². The SMILES string of the molecule is CC[C@H](CN[C@@H](C)c1ccccc1)C(=O)Oc1cccnc1. The number of hydrogen-bond acceptors (Lipinski definition) is 4. The molecule has 0 saturated carbocycles. The fraction of sp³-hybridized carbons (Fsp3) is 0.333. The first kappa shape index (κ1) is 16.2. The molecule has 0 amide bonds. The van der Waals surface area contributed by atoms with Crippen LogP contribution in [0.5, 0.6) is 5.75 Å². The molecule has 0 fully saturated rings. The van der Waals surface area contributed by atoms with Crippen molar-refractivity contribution in [3.05, 3.63) is 60.4 Å². The van der Waals surface area contributed by atoms with E-state index >= 15 is 0 Å². The van der Waals surface area contributed by atoms with Crippen molar-refractivity contribution >= 4 is 5.97 Å². The molecule has 0 aliphatic heterocycles. The van der Waals surface area contributed by atoms with Gasteiger partial charge in [0.15, 0.2) is 0 Å². The van der Waals surface area contributed by atoms with E-state index < -0.39 is 0 Å². The summed E-state index contributed by atoms with van der Waals surface area (Å²) >= 11 is 0. The second-order valence-corrected chi connectivity index (χ2v) is 5.26. The monoisotopic (exact) mass is 298 g/mol. The van der Waals surface area contributed by atoms with Crippen molar-refractivity contribution in [3.8, 4) is 5.75 Å². The summed E-state index contributed by atoms with van der Waals surface area (Å²) in [5, 5.41) is 3.40. The van der Waals surface area contributed by atoms with Crippen LogP contribution in [0.3, 0.4) is 0 Å². The molecule has 1 aromatic heterocycles. The van der Waals surface area contributed by atoms with E-state index in [-0.39, 0.29) is 17.9 Å². The fourth-order valence-electron chi connectivity index (χ4n) is 2.18. The molecular weight excluding hydrogens is 276 g/mol. The Morgan fingerprint density at radius 3 is 2.64 bits per heavy atom. The van der Waals surface area contributed by atoms with Crippen LogP contribution >= 0.6 is 0 Å². The Hall–Kier alpha value is -2.20. The quantitative estimate of drug-likeness (QED) is 0.796. The van der Waals surface area contributed by atoms with Gasteiger partial charge in [-0.25, -0.2) is 0 Å². The molecule has 2 rings (SSSR count). The molecule has 22 heavy (non-hydrogen) atoms. The smallest absolute Gasteiger partial charge is 0.315 e. The highest BCUT2D eigenvalue weighted by molar-refractivity contribution is 5.75. The van der Waals surface area contributed by atoms with Gasteiger partial charge in [0.25, 0.3) is 0 Å². The van der Waals surface area contributed by atoms with Gasteiger partial charge in [0, 0.05) is 18.8 Å². The van der Waals surface area contributed by atoms with Crippen molar-refractivity contribution in [2.75, 3.05) is 6.54 Å². The standard InChI is InChI=1S/C18H22N2O2/c1-3-15(18(21)22-17-10-7-11-19-13-17)12-20-14(2)16-8-5-4-6-9-16/h4-11,13-15,20H,3,12H2,1-2H3/t14-,15+/m0/s1. The Balaban J connectivity index is 1.87. The van der Waals surface area contributed by atoms with Crippen molar-refractivity contribution in [2.45, 2.75) is 26.3 Å². The van der Waals surface area contributed by atoms with E-state index in [1.165, 1.54) is 5.56 Å². The zero-order valence-corrected chi connectivity index (χ0v) is 13.0. The van der Waals surface area contributed by atoms with Crippen LogP contribution in [0.1, 0.15) is 31.9 Å². The summed E-state index contributed by atoms with van der Waals surface area (Å²) in [7, 11) is 0. The molecular formula is C18H22N2O2. The van der Waals surface area contributed by atoms with Gasteiger partial charge in [-0.1, -0.05) is 37.3 Å². The van der Waals surface area contributed by atoms with E-state index in [1.807, 2.05) is 25.1 Å². The molecule has 4 heteroatoms. The van der Waals surface area contributed by atoms with E-state index in [0.717, 1.165) is 6.42 Å². The first-order valence-electron chi connectivity index (χ1n) is 7.60. The predicted molar refractivity (Wildman–Crippen MR) is 86.5 cm³/mol. The van der Waals surface area contributed by atoms with Crippen molar-refractivity contribution < 1.29 is 9.53 Å². The van der Waals surface area contributed by atoms with Gasteiger partial charge in [-0.15, -0.1) is 0 Å². The zero-order chi connectivity index (χ0) is 15.8. The molecule has 2 atom stereocenters. The number of pyridine rings is 1. The predicted octanol–water partition coefficient (Wildman–Crippen LogP) is 3.36. The lowest BCUT2D eigenvalue weighted by Gasteiger charge is -2.19. The van der Waals surface area contributed by atoms with Gasteiger partial charge in [-0.2, -0.15) is 0 Å². The second-order valence-electron chi connectivity index (χ2n) is 5.26. The molecule has 0 radical (unpaired) electrons. The maximum Gasteiger partial charge on any atom is 0.315 e. The van der Waals surface area contributed by atoms with Crippen LogP contribution in [0.15, 0.2) is 54.9 Å².